The summed E-state index contributed by atoms with van der Waals surface area (Å²) < 4.78 is 6.91. The first kappa shape index (κ1) is 30.3. The molecular weight excluding hydrogens is 530 g/mol. The largest absolute Gasteiger partial charge is 0.394 e. The van der Waals surface area contributed by atoms with Crippen molar-refractivity contribution in [3.63, 3.8) is 0 Å². The van der Waals surface area contributed by atoms with E-state index in [9.17, 15) is 19.5 Å². The average Bonchev–Trinajstić information content (AvgIpc) is 3.56. The lowest BCUT2D eigenvalue weighted by molar-refractivity contribution is -0.153. The van der Waals surface area contributed by atoms with Gasteiger partial charge in [-0.1, -0.05) is 56.7 Å². The Hall–Kier alpha value is -2.68. The number of aliphatic hydroxyl groups excluding tert-OH is 1. The lowest BCUT2D eigenvalue weighted by Crippen LogP contribution is -2.59. The highest BCUT2D eigenvalue weighted by Crippen LogP contribution is 2.65. The van der Waals surface area contributed by atoms with Crippen LogP contribution >= 0.6 is 11.6 Å². The zero-order chi connectivity index (χ0) is 29.2. The standard InChI is InChI=1S/C31H42ClN3O5/c1-6-17-33(18-7-2)27(37)24-25-28(38)35(21(9-4)20-36)26(31(25)16-15-30(24,10-5)40-31)29(39)34(19-8-3)23-14-12-11-13-22(23)32/h6,8,11-14,21,24-26,36H,1,3,7,9-10,15-20H2,2,4-5H3/t21-,24-,25-,26?,30+,31?/m0/s1. The molecule has 3 saturated heterocycles. The average molecular weight is 572 g/mol. The predicted octanol–water partition coefficient (Wildman–Crippen LogP) is 4.21. The van der Waals surface area contributed by atoms with Gasteiger partial charge in [-0.15, -0.1) is 13.2 Å². The molecule has 0 radical (unpaired) electrons. The summed E-state index contributed by atoms with van der Waals surface area (Å²) in [5, 5.41) is 10.7. The van der Waals surface area contributed by atoms with Crippen LogP contribution in [0.25, 0.3) is 0 Å². The molecule has 0 aromatic heterocycles. The van der Waals surface area contributed by atoms with Crippen molar-refractivity contribution in [2.75, 3.05) is 31.1 Å². The fourth-order valence-electron chi connectivity index (χ4n) is 7.29. The number of likely N-dealkylation sites (tertiary alicyclic amines) is 1. The summed E-state index contributed by atoms with van der Waals surface area (Å²) in [4.78, 5) is 48.1. The first-order chi connectivity index (χ1) is 19.2. The number of aliphatic hydroxyl groups is 1. The van der Waals surface area contributed by atoms with Crippen molar-refractivity contribution in [1.29, 1.82) is 0 Å². The number of para-hydroxylation sites is 1. The van der Waals surface area contributed by atoms with Gasteiger partial charge in [-0.2, -0.15) is 0 Å². The van der Waals surface area contributed by atoms with Gasteiger partial charge in [0.1, 0.15) is 11.6 Å². The molecule has 1 spiro atoms. The molecule has 3 amide bonds. The maximum absolute atomic E-state index is 14.7. The number of halogens is 1. The van der Waals surface area contributed by atoms with E-state index in [0.717, 1.165) is 6.42 Å². The molecule has 1 aromatic rings. The highest BCUT2D eigenvalue weighted by Gasteiger charge is 2.79. The van der Waals surface area contributed by atoms with Crippen molar-refractivity contribution in [1.82, 2.24) is 9.80 Å². The van der Waals surface area contributed by atoms with E-state index in [4.69, 9.17) is 16.3 Å². The van der Waals surface area contributed by atoms with Crippen LogP contribution in [0.3, 0.4) is 0 Å². The molecule has 9 heteroatoms. The molecule has 1 N–H and O–H groups in total. The minimum atomic E-state index is -1.19. The predicted molar refractivity (Wildman–Crippen MR) is 156 cm³/mol. The number of hydrogen-bond donors (Lipinski definition) is 1. The van der Waals surface area contributed by atoms with Crippen LogP contribution in [0.4, 0.5) is 5.69 Å². The molecule has 2 unspecified atom stereocenters. The molecule has 4 rings (SSSR count). The van der Waals surface area contributed by atoms with E-state index >= 15 is 0 Å². The number of carbonyl (C=O) groups is 3. The molecule has 0 aliphatic carbocycles. The maximum Gasteiger partial charge on any atom is 0.253 e. The monoisotopic (exact) mass is 571 g/mol. The summed E-state index contributed by atoms with van der Waals surface area (Å²) in [5.74, 6) is -2.35. The van der Waals surface area contributed by atoms with Crippen LogP contribution in [-0.2, 0) is 19.1 Å². The van der Waals surface area contributed by atoms with Gasteiger partial charge in [-0.05, 0) is 44.2 Å². The van der Waals surface area contributed by atoms with E-state index in [-0.39, 0.29) is 30.9 Å². The van der Waals surface area contributed by atoms with E-state index in [1.165, 1.54) is 9.80 Å². The number of nitrogens with zero attached hydrogens (tertiary/aromatic N) is 3. The molecule has 3 heterocycles. The van der Waals surface area contributed by atoms with Crippen LogP contribution < -0.4 is 4.90 Å². The van der Waals surface area contributed by atoms with E-state index in [1.54, 1.807) is 41.3 Å². The van der Waals surface area contributed by atoms with Gasteiger partial charge >= 0.3 is 0 Å². The Balaban J connectivity index is 1.88. The van der Waals surface area contributed by atoms with Crippen LogP contribution in [0.5, 0.6) is 0 Å². The topological polar surface area (TPSA) is 90.4 Å². The minimum absolute atomic E-state index is 0.136. The quantitative estimate of drug-likeness (QED) is 0.358. The van der Waals surface area contributed by atoms with Crippen molar-refractivity contribution < 1.29 is 24.2 Å². The fourth-order valence-corrected chi connectivity index (χ4v) is 7.52. The maximum atomic E-state index is 14.7. The van der Waals surface area contributed by atoms with Gasteiger partial charge in [0, 0.05) is 19.6 Å². The third-order valence-corrected chi connectivity index (χ3v) is 9.39. The van der Waals surface area contributed by atoms with Gasteiger partial charge in [-0.25, -0.2) is 0 Å². The van der Waals surface area contributed by atoms with Gasteiger partial charge in [0.05, 0.1) is 40.8 Å². The summed E-state index contributed by atoms with van der Waals surface area (Å²) in [6.07, 6.45) is 6.10. The second-order valence-corrected chi connectivity index (χ2v) is 11.5. The van der Waals surface area contributed by atoms with E-state index in [1.807, 2.05) is 20.8 Å². The van der Waals surface area contributed by atoms with E-state index < -0.39 is 35.1 Å². The highest BCUT2D eigenvalue weighted by atomic mass is 35.5. The van der Waals surface area contributed by atoms with Crippen LogP contribution in [0.2, 0.25) is 5.02 Å². The molecule has 2 bridgehead atoms. The number of benzene rings is 1. The summed E-state index contributed by atoms with van der Waals surface area (Å²) in [6, 6.07) is 5.43. The number of carbonyl (C=O) groups excluding carboxylic acids is 3. The van der Waals surface area contributed by atoms with Crippen LogP contribution in [0.15, 0.2) is 49.6 Å². The summed E-state index contributed by atoms with van der Waals surface area (Å²) >= 11 is 6.54. The van der Waals surface area contributed by atoms with E-state index in [2.05, 4.69) is 13.2 Å². The zero-order valence-electron chi connectivity index (χ0n) is 23.9. The summed E-state index contributed by atoms with van der Waals surface area (Å²) in [5.41, 5.74) is -1.53. The lowest BCUT2D eigenvalue weighted by Gasteiger charge is -2.39. The Kier molecular flexibility index (Phi) is 9.12. The summed E-state index contributed by atoms with van der Waals surface area (Å²) in [6.45, 7) is 14.3. The third-order valence-electron chi connectivity index (χ3n) is 9.07. The SMILES string of the molecule is C=CCN(CCC)C(=O)[C@@H]1[C@H]2C(=O)N([C@@H](CC)CO)C(C(=O)N(CC=C)c3ccccc3Cl)C23CC[C@@]1(CC)O3. The fraction of sp³-hybridized carbons (Fsp3) is 0.581. The number of rotatable bonds is 13. The molecule has 3 aliphatic heterocycles. The Labute approximate surface area is 242 Å². The molecule has 3 fully saturated rings. The van der Waals surface area contributed by atoms with Gasteiger partial charge in [0.15, 0.2) is 0 Å². The second-order valence-electron chi connectivity index (χ2n) is 11.1. The third kappa shape index (κ3) is 4.58. The molecular formula is C31H42ClN3O5. The van der Waals surface area contributed by atoms with E-state index in [0.29, 0.717) is 49.5 Å². The molecule has 218 valence electrons. The normalized spacial score (nSPS) is 29.3. The van der Waals surface area contributed by atoms with Crippen molar-refractivity contribution >= 4 is 35.0 Å². The lowest BCUT2D eigenvalue weighted by atomic mass is 9.64. The number of anilines is 1. The van der Waals surface area contributed by atoms with Crippen molar-refractivity contribution in [3.8, 4) is 0 Å². The van der Waals surface area contributed by atoms with Crippen molar-refractivity contribution in [2.45, 2.75) is 76.2 Å². The number of hydrogen-bond acceptors (Lipinski definition) is 5. The molecule has 3 aliphatic rings. The molecule has 40 heavy (non-hydrogen) atoms. The first-order valence-corrected chi connectivity index (χ1v) is 14.8. The van der Waals surface area contributed by atoms with Gasteiger partial charge in [-0.3, -0.25) is 14.4 Å². The highest BCUT2D eigenvalue weighted by molar-refractivity contribution is 6.34. The Morgan fingerprint density at radius 1 is 1.18 bits per heavy atom. The van der Waals surface area contributed by atoms with Gasteiger partial charge in [0.25, 0.3) is 5.91 Å². The van der Waals surface area contributed by atoms with Gasteiger partial charge in [0.2, 0.25) is 11.8 Å². The molecule has 8 nitrogen and oxygen atoms in total. The van der Waals surface area contributed by atoms with Crippen molar-refractivity contribution in [3.05, 3.63) is 54.6 Å². The Morgan fingerprint density at radius 3 is 2.45 bits per heavy atom. The minimum Gasteiger partial charge on any atom is -0.394 e. The number of amides is 3. The Morgan fingerprint density at radius 2 is 1.88 bits per heavy atom. The second kappa shape index (κ2) is 12.0. The number of ether oxygens (including phenoxy) is 1. The number of fused-ring (bicyclic) bond motifs is 1. The molecule has 1 aromatic carbocycles. The van der Waals surface area contributed by atoms with Crippen LogP contribution in [0, 0.1) is 11.8 Å². The zero-order valence-corrected chi connectivity index (χ0v) is 24.6. The van der Waals surface area contributed by atoms with Crippen LogP contribution in [-0.4, -0.2) is 82.2 Å². The summed E-state index contributed by atoms with van der Waals surface area (Å²) in [7, 11) is 0. The van der Waals surface area contributed by atoms with Gasteiger partial charge < -0.3 is 24.5 Å². The smallest absolute Gasteiger partial charge is 0.253 e. The molecule has 6 atom stereocenters. The van der Waals surface area contributed by atoms with Crippen LogP contribution in [0.1, 0.15) is 52.9 Å². The Bertz CT molecular complexity index is 1160. The first-order valence-electron chi connectivity index (χ1n) is 14.4. The van der Waals surface area contributed by atoms with Crippen molar-refractivity contribution in [2.24, 2.45) is 11.8 Å². The molecule has 0 saturated carbocycles.